The molecule has 0 aliphatic carbocycles. The minimum absolute atomic E-state index is 0.0614. The number of halogens is 1. The molecule has 1 aromatic carbocycles. The summed E-state index contributed by atoms with van der Waals surface area (Å²) in [7, 11) is -0.612. The molecule has 0 amide bonds. The van der Waals surface area contributed by atoms with Gasteiger partial charge in [0.05, 0.1) is 5.60 Å². The average Bonchev–Trinajstić information content (AvgIpc) is 2.28. The highest BCUT2D eigenvalue weighted by Gasteiger charge is 2.19. The second kappa shape index (κ2) is 5.68. The molecule has 0 fully saturated rings. The average molecular weight is 243 g/mol. The minimum Gasteiger partial charge on any atom is -0.413 e. The molecule has 0 bridgehead atoms. The lowest BCUT2D eigenvalue weighted by molar-refractivity contribution is 0.0882. The van der Waals surface area contributed by atoms with Gasteiger partial charge in [-0.2, -0.15) is 0 Å². The lowest BCUT2D eigenvalue weighted by Gasteiger charge is -2.27. The molecule has 3 heteroatoms. The van der Waals surface area contributed by atoms with Crippen molar-refractivity contribution in [3.63, 3.8) is 0 Å². The predicted molar refractivity (Wildman–Crippen MR) is 69.7 cm³/mol. The maximum atomic E-state index is 6.05. The molecular formula is C12H19ClOSi. The van der Waals surface area contributed by atoms with Gasteiger partial charge in [-0.1, -0.05) is 37.6 Å². The van der Waals surface area contributed by atoms with Crippen LogP contribution >= 0.6 is 11.6 Å². The Labute approximate surface area is 99.7 Å². The Morgan fingerprint density at radius 1 is 1.20 bits per heavy atom. The Hall–Kier alpha value is -0.313. The summed E-state index contributed by atoms with van der Waals surface area (Å²) in [6, 6.07) is 8.01. The van der Waals surface area contributed by atoms with Gasteiger partial charge in [0.1, 0.15) is 0 Å². The Bertz CT molecular complexity index is 293. The summed E-state index contributed by atoms with van der Waals surface area (Å²) >= 11 is 5.83. The van der Waals surface area contributed by atoms with E-state index in [-0.39, 0.29) is 5.60 Å². The lowest BCUT2D eigenvalue weighted by Crippen LogP contribution is -2.33. The molecule has 0 saturated heterocycles. The van der Waals surface area contributed by atoms with Crippen molar-refractivity contribution in [1.82, 2.24) is 0 Å². The zero-order valence-electron chi connectivity index (χ0n) is 9.72. The summed E-state index contributed by atoms with van der Waals surface area (Å²) < 4.78 is 6.05. The molecule has 0 aromatic heterocycles. The molecule has 0 radical (unpaired) electrons. The second-order valence-corrected chi connectivity index (χ2v) is 5.90. The van der Waals surface area contributed by atoms with Crippen molar-refractivity contribution < 1.29 is 4.43 Å². The van der Waals surface area contributed by atoms with E-state index in [1.54, 1.807) is 0 Å². The fourth-order valence-electron chi connectivity index (χ4n) is 1.29. The van der Waals surface area contributed by atoms with E-state index in [9.17, 15) is 0 Å². The van der Waals surface area contributed by atoms with Gasteiger partial charge >= 0.3 is 0 Å². The van der Waals surface area contributed by atoms with Gasteiger partial charge in [-0.25, -0.2) is 0 Å². The van der Waals surface area contributed by atoms with Crippen molar-refractivity contribution in [2.45, 2.75) is 39.2 Å². The molecule has 0 saturated carbocycles. The van der Waals surface area contributed by atoms with Crippen LogP contribution in [0.4, 0.5) is 0 Å². The van der Waals surface area contributed by atoms with Crippen LogP contribution < -0.4 is 5.19 Å². The first-order valence-corrected chi connectivity index (χ1v) is 7.14. The number of rotatable bonds is 5. The van der Waals surface area contributed by atoms with Crippen LogP contribution in [0.1, 0.15) is 33.6 Å². The van der Waals surface area contributed by atoms with Crippen LogP contribution in [-0.4, -0.2) is 15.4 Å². The van der Waals surface area contributed by atoms with Gasteiger partial charge in [0.25, 0.3) is 0 Å². The first-order chi connectivity index (χ1) is 7.09. The molecule has 0 aliphatic heterocycles. The third-order valence-corrected chi connectivity index (χ3v) is 4.89. The molecule has 0 N–H and O–H groups in total. The standard InChI is InChI=1S/C12H19ClOSi/c1-4-12(3,5-2)14-15-11-8-6-10(13)7-9-11/h6-9H,4-5,15H2,1-3H3. The molecular weight excluding hydrogens is 224 g/mol. The third kappa shape index (κ3) is 3.97. The highest BCUT2D eigenvalue weighted by Crippen LogP contribution is 2.18. The number of benzene rings is 1. The summed E-state index contributed by atoms with van der Waals surface area (Å²) in [4.78, 5) is 0. The molecule has 0 unspecified atom stereocenters. The van der Waals surface area contributed by atoms with E-state index in [2.05, 4.69) is 32.9 Å². The summed E-state index contributed by atoms with van der Waals surface area (Å²) in [5, 5.41) is 2.11. The summed E-state index contributed by atoms with van der Waals surface area (Å²) in [5.41, 5.74) is 0.0614. The van der Waals surface area contributed by atoms with Crippen LogP contribution in [0.25, 0.3) is 0 Å². The monoisotopic (exact) mass is 242 g/mol. The normalized spacial score (nSPS) is 12.5. The molecule has 0 heterocycles. The van der Waals surface area contributed by atoms with Crippen LogP contribution in [0.3, 0.4) is 0 Å². The second-order valence-electron chi connectivity index (χ2n) is 4.07. The molecule has 0 atom stereocenters. The lowest BCUT2D eigenvalue weighted by atomic mass is 10.0. The van der Waals surface area contributed by atoms with Gasteiger partial charge in [0.15, 0.2) is 9.76 Å². The van der Waals surface area contributed by atoms with E-state index >= 15 is 0 Å². The Kier molecular flexibility index (Phi) is 4.83. The minimum atomic E-state index is -0.612. The molecule has 0 spiro atoms. The Morgan fingerprint density at radius 3 is 2.20 bits per heavy atom. The van der Waals surface area contributed by atoms with Crippen LogP contribution in [-0.2, 0) is 4.43 Å². The van der Waals surface area contributed by atoms with Gasteiger partial charge in [0.2, 0.25) is 0 Å². The van der Waals surface area contributed by atoms with Crippen molar-refractivity contribution in [1.29, 1.82) is 0 Å². The third-order valence-electron chi connectivity index (χ3n) is 3.00. The van der Waals surface area contributed by atoms with E-state index in [0.29, 0.717) is 0 Å². The van der Waals surface area contributed by atoms with Gasteiger partial charge < -0.3 is 4.43 Å². The molecule has 0 aliphatic rings. The highest BCUT2D eigenvalue weighted by molar-refractivity contribution is 6.47. The molecule has 1 rings (SSSR count). The topological polar surface area (TPSA) is 9.23 Å². The first kappa shape index (κ1) is 12.8. The maximum absolute atomic E-state index is 6.05. The molecule has 84 valence electrons. The van der Waals surface area contributed by atoms with Gasteiger partial charge in [-0.05, 0) is 37.1 Å². The zero-order valence-corrected chi connectivity index (χ0v) is 11.9. The predicted octanol–water partition coefficient (Wildman–Crippen LogP) is 2.64. The molecule has 15 heavy (non-hydrogen) atoms. The van der Waals surface area contributed by atoms with Gasteiger partial charge in [-0.15, -0.1) is 0 Å². The van der Waals surface area contributed by atoms with Crippen molar-refractivity contribution in [3.8, 4) is 0 Å². The summed E-state index contributed by atoms with van der Waals surface area (Å²) in [6.45, 7) is 6.55. The maximum Gasteiger partial charge on any atom is 0.193 e. The van der Waals surface area contributed by atoms with Crippen molar-refractivity contribution in [2.24, 2.45) is 0 Å². The van der Waals surface area contributed by atoms with Crippen molar-refractivity contribution in [2.75, 3.05) is 0 Å². The Balaban J connectivity index is 2.53. The van der Waals surface area contributed by atoms with Crippen LogP contribution in [0, 0.1) is 0 Å². The number of hydrogen-bond acceptors (Lipinski definition) is 1. The molecule has 1 aromatic rings. The number of hydrogen-bond donors (Lipinski definition) is 0. The van der Waals surface area contributed by atoms with E-state index in [1.165, 1.54) is 5.19 Å². The van der Waals surface area contributed by atoms with Crippen LogP contribution in [0.5, 0.6) is 0 Å². The Morgan fingerprint density at radius 2 is 1.73 bits per heavy atom. The quantitative estimate of drug-likeness (QED) is 0.722. The summed E-state index contributed by atoms with van der Waals surface area (Å²) in [6.07, 6.45) is 2.15. The van der Waals surface area contributed by atoms with Crippen LogP contribution in [0.15, 0.2) is 24.3 Å². The largest absolute Gasteiger partial charge is 0.413 e. The zero-order chi connectivity index (χ0) is 11.3. The summed E-state index contributed by atoms with van der Waals surface area (Å²) in [5.74, 6) is 0. The fourth-order valence-corrected chi connectivity index (χ4v) is 2.77. The molecule has 1 nitrogen and oxygen atoms in total. The van der Waals surface area contributed by atoms with E-state index in [1.807, 2.05) is 12.1 Å². The first-order valence-electron chi connectivity index (χ1n) is 5.48. The van der Waals surface area contributed by atoms with E-state index < -0.39 is 9.76 Å². The SMILES string of the molecule is CCC(C)(CC)O[SiH2]c1ccc(Cl)cc1. The van der Waals surface area contributed by atoms with Gasteiger partial charge in [0, 0.05) is 5.02 Å². The van der Waals surface area contributed by atoms with Gasteiger partial charge in [-0.3, -0.25) is 0 Å². The van der Waals surface area contributed by atoms with E-state index in [4.69, 9.17) is 16.0 Å². The van der Waals surface area contributed by atoms with E-state index in [0.717, 1.165) is 17.9 Å². The van der Waals surface area contributed by atoms with Crippen molar-refractivity contribution in [3.05, 3.63) is 29.3 Å². The van der Waals surface area contributed by atoms with Crippen LogP contribution in [0.2, 0.25) is 5.02 Å². The smallest absolute Gasteiger partial charge is 0.193 e. The highest BCUT2D eigenvalue weighted by atomic mass is 35.5. The van der Waals surface area contributed by atoms with Crippen molar-refractivity contribution >= 4 is 26.6 Å². The fraction of sp³-hybridized carbons (Fsp3) is 0.500.